The highest BCUT2D eigenvalue weighted by Gasteiger charge is 2.23. The minimum atomic E-state index is -0.828. The van der Waals surface area contributed by atoms with Gasteiger partial charge in [0.05, 0.1) is 12.3 Å². The quantitative estimate of drug-likeness (QED) is 0.878. The molecule has 1 aromatic carbocycles. The van der Waals surface area contributed by atoms with E-state index < -0.39 is 6.09 Å². The maximum atomic E-state index is 10.9. The molecule has 0 unspecified atom stereocenters. The second-order valence-electron chi connectivity index (χ2n) is 6.25. The van der Waals surface area contributed by atoms with E-state index in [-0.39, 0.29) is 6.61 Å². The van der Waals surface area contributed by atoms with Gasteiger partial charge in [0, 0.05) is 24.0 Å². The van der Waals surface area contributed by atoms with Crippen LogP contribution in [0.15, 0.2) is 23.2 Å². The summed E-state index contributed by atoms with van der Waals surface area (Å²) in [5, 5.41) is 23.7. The SMILES string of the molecule is C=Cc1ccc2c(CCC3CCN(C(=O)O)CC3)noc2c1CO. The molecule has 2 N–H and O–H groups in total. The number of amides is 1. The molecule has 0 aliphatic carbocycles. The number of aliphatic hydroxyl groups is 1. The third kappa shape index (κ3) is 3.14. The molecular formula is C18H22N2O4. The molecule has 6 heteroatoms. The minimum absolute atomic E-state index is 0.110. The van der Waals surface area contributed by atoms with Gasteiger partial charge in [0.15, 0.2) is 5.58 Å². The van der Waals surface area contributed by atoms with Gasteiger partial charge < -0.3 is 19.6 Å². The average Bonchev–Trinajstić information content (AvgIpc) is 3.02. The summed E-state index contributed by atoms with van der Waals surface area (Å²) >= 11 is 0. The topological polar surface area (TPSA) is 86.8 Å². The summed E-state index contributed by atoms with van der Waals surface area (Å²) in [6.45, 7) is 4.86. The highest BCUT2D eigenvalue weighted by Crippen LogP contribution is 2.29. The van der Waals surface area contributed by atoms with Crippen molar-refractivity contribution in [3.05, 3.63) is 35.5 Å². The predicted molar refractivity (Wildman–Crippen MR) is 90.7 cm³/mol. The average molecular weight is 330 g/mol. The fraction of sp³-hybridized carbons (Fsp3) is 0.444. The van der Waals surface area contributed by atoms with Crippen molar-refractivity contribution in [1.29, 1.82) is 0 Å². The van der Waals surface area contributed by atoms with Crippen molar-refractivity contribution in [2.75, 3.05) is 13.1 Å². The maximum absolute atomic E-state index is 10.9. The highest BCUT2D eigenvalue weighted by atomic mass is 16.5. The van der Waals surface area contributed by atoms with E-state index in [2.05, 4.69) is 11.7 Å². The molecule has 0 bridgehead atoms. The fourth-order valence-electron chi connectivity index (χ4n) is 3.41. The first-order chi connectivity index (χ1) is 11.6. The Bertz CT molecular complexity index is 745. The van der Waals surface area contributed by atoms with Crippen LogP contribution in [0, 0.1) is 5.92 Å². The number of rotatable bonds is 5. The zero-order valence-electron chi connectivity index (χ0n) is 13.6. The van der Waals surface area contributed by atoms with Crippen LogP contribution in [0.1, 0.15) is 36.1 Å². The van der Waals surface area contributed by atoms with E-state index in [0.717, 1.165) is 47.9 Å². The number of carboxylic acid groups (broad SMARTS) is 1. The number of hydrogen-bond acceptors (Lipinski definition) is 4. The molecule has 3 rings (SSSR count). The van der Waals surface area contributed by atoms with Gasteiger partial charge in [0.1, 0.15) is 0 Å². The van der Waals surface area contributed by atoms with Crippen LogP contribution >= 0.6 is 0 Å². The molecule has 1 aliphatic heterocycles. The lowest BCUT2D eigenvalue weighted by Crippen LogP contribution is -2.37. The van der Waals surface area contributed by atoms with Crippen LogP contribution in [0.2, 0.25) is 0 Å². The van der Waals surface area contributed by atoms with Gasteiger partial charge in [0.25, 0.3) is 0 Å². The smallest absolute Gasteiger partial charge is 0.407 e. The molecule has 0 saturated carbocycles. The van der Waals surface area contributed by atoms with Gasteiger partial charge in [-0.2, -0.15) is 0 Å². The molecule has 2 heterocycles. The van der Waals surface area contributed by atoms with Crippen LogP contribution < -0.4 is 0 Å². The number of likely N-dealkylation sites (tertiary alicyclic amines) is 1. The number of aryl methyl sites for hydroxylation is 1. The summed E-state index contributed by atoms with van der Waals surface area (Å²) in [7, 11) is 0. The first-order valence-corrected chi connectivity index (χ1v) is 8.25. The lowest BCUT2D eigenvalue weighted by Gasteiger charge is -2.29. The molecule has 24 heavy (non-hydrogen) atoms. The summed E-state index contributed by atoms with van der Waals surface area (Å²) in [6, 6.07) is 3.89. The van der Waals surface area contributed by atoms with Gasteiger partial charge in [-0.15, -0.1) is 0 Å². The lowest BCUT2D eigenvalue weighted by atomic mass is 9.91. The molecule has 0 radical (unpaired) electrons. The molecular weight excluding hydrogens is 308 g/mol. The second kappa shape index (κ2) is 7.05. The number of carbonyl (C=O) groups is 1. The molecule has 128 valence electrons. The molecule has 1 amide bonds. The molecule has 1 fully saturated rings. The highest BCUT2D eigenvalue weighted by molar-refractivity contribution is 5.85. The van der Waals surface area contributed by atoms with E-state index >= 15 is 0 Å². The number of benzene rings is 1. The van der Waals surface area contributed by atoms with Crippen molar-refractivity contribution in [2.45, 2.75) is 32.3 Å². The maximum Gasteiger partial charge on any atom is 0.407 e. The van der Waals surface area contributed by atoms with Gasteiger partial charge in [0.2, 0.25) is 0 Å². The van der Waals surface area contributed by atoms with E-state index in [1.54, 1.807) is 6.08 Å². The standard InChI is InChI=1S/C18H22N2O4/c1-2-13-4-5-14-16(19-24-17(14)15(13)11-21)6-3-12-7-9-20(10-8-12)18(22)23/h2,4-5,12,21H,1,3,6-11H2,(H,22,23). The number of piperidine rings is 1. The molecule has 2 aromatic rings. The monoisotopic (exact) mass is 330 g/mol. The Kier molecular flexibility index (Phi) is 4.85. The Morgan fingerprint density at radius 3 is 2.79 bits per heavy atom. The molecule has 1 aromatic heterocycles. The lowest BCUT2D eigenvalue weighted by molar-refractivity contribution is 0.123. The van der Waals surface area contributed by atoms with E-state index in [9.17, 15) is 9.90 Å². The van der Waals surface area contributed by atoms with E-state index in [1.807, 2.05) is 12.1 Å². The first kappa shape index (κ1) is 16.5. The van der Waals surface area contributed by atoms with Crippen molar-refractivity contribution < 1.29 is 19.5 Å². The molecule has 6 nitrogen and oxygen atoms in total. The number of aromatic nitrogens is 1. The Balaban J connectivity index is 1.68. The van der Waals surface area contributed by atoms with Crippen molar-refractivity contribution >= 4 is 23.1 Å². The van der Waals surface area contributed by atoms with Crippen LogP contribution in [-0.2, 0) is 13.0 Å². The number of hydrogen-bond donors (Lipinski definition) is 2. The van der Waals surface area contributed by atoms with Gasteiger partial charge in [-0.3, -0.25) is 0 Å². The Labute approximate surface area is 140 Å². The van der Waals surface area contributed by atoms with Crippen molar-refractivity contribution in [1.82, 2.24) is 10.1 Å². The van der Waals surface area contributed by atoms with Gasteiger partial charge in [-0.25, -0.2) is 4.79 Å². The normalized spacial score (nSPS) is 15.8. The zero-order chi connectivity index (χ0) is 17.1. The summed E-state index contributed by atoms with van der Waals surface area (Å²) < 4.78 is 5.46. The Morgan fingerprint density at radius 1 is 1.42 bits per heavy atom. The molecule has 0 atom stereocenters. The van der Waals surface area contributed by atoms with E-state index in [0.29, 0.717) is 24.6 Å². The van der Waals surface area contributed by atoms with E-state index in [1.165, 1.54) is 4.90 Å². The van der Waals surface area contributed by atoms with Crippen LogP contribution in [0.25, 0.3) is 17.0 Å². The summed E-state index contributed by atoms with van der Waals surface area (Å²) in [6.07, 6.45) is 4.42. The molecule has 0 spiro atoms. The Morgan fingerprint density at radius 2 is 2.17 bits per heavy atom. The first-order valence-electron chi connectivity index (χ1n) is 8.25. The van der Waals surface area contributed by atoms with Crippen LogP contribution in [0.4, 0.5) is 4.79 Å². The van der Waals surface area contributed by atoms with Crippen LogP contribution in [-0.4, -0.2) is 39.5 Å². The van der Waals surface area contributed by atoms with Crippen molar-refractivity contribution in [3.63, 3.8) is 0 Å². The van der Waals surface area contributed by atoms with Crippen LogP contribution in [0.3, 0.4) is 0 Å². The minimum Gasteiger partial charge on any atom is -0.465 e. The third-order valence-electron chi connectivity index (χ3n) is 4.91. The third-order valence-corrected chi connectivity index (χ3v) is 4.91. The van der Waals surface area contributed by atoms with Crippen LogP contribution in [0.5, 0.6) is 0 Å². The fourth-order valence-corrected chi connectivity index (χ4v) is 3.41. The Hall–Kier alpha value is -2.34. The van der Waals surface area contributed by atoms with E-state index in [4.69, 9.17) is 9.63 Å². The number of nitrogens with zero attached hydrogens (tertiary/aromatic N) is 2. The summed E-state index contributed by atoms with van der Waals surface area (Å²) in [5.41, 5.74) is 3.10. The predicted octanol–water partition coefficient (Wildman–Crippen LogP) is 3.29. The number of aliphatic hydroxyl groups excluding tert-OH is 1. The molecule has 1 saturated heterocycles. The summed E-state index contributed by atoms with van der Waals surface area (Å²) in [4.78, 5) is 12.4. The van der Waals surface area contributed by atoms with Crippen molar-refractivity contribution in [3.8, 4) is 0 Å². The van der Waals surface area contributed by atoms with Crippen molar-refractivity contribution in [2.24, 2.45) is 5.92 Å². The van der Waals surface area contributed by atoms with Gasteiger partial charge in [-0.1, -0.05) is 23.9 Å². The second-order valence-corrected chi connectivity index (χ2v) is 6.25. The molecule has 1 aliphatic rings. The largest absolute Gasteiger partial charge is 0.465 e. The summed E-state index contributed by atoms with van der Waals surface area (Å²) in [5.74, 6) is 0.511. The number of fused-ring (bicyclic) bond motifs is 1. The van der Waals surface area contributed by atoms with Gasteiger partial charge >= 0.3 is 6.09 Å². The zero-order valence-corrected chi connectivity index (χ0v) is 13.6. The van der Waals surface area contributed by atoms with Gasteiger partial charge in [-0.05, 0) is 43.2 Å².